The number of carbonyl (C=O) groups excluding carboxylic acids is 2. The minimum atomic E-state index is -2.85. The summed E-state index contributed by atoms with van der Waals surface area (Å²) in [5.74, 6) is -3.65. The third-order valence-corrected chi connectivity index (χ3v) is 5.32. The molecule has 124 valence electrons. The van der Waals surface area contributed by atoms with Gasteiger partial charge in [-0.15, -0.1) is 0 Å². The first-order chi connectivity index (χ1) is 10.4. The normalized spacial score (nSPS) is 37.0. The number of hydrogen-bond donors (Lipinski definition) is 1. The number of nitrogens with one attached hydrogen (secondary N) is 1. The summed E-state index contributed by atoms with van der Waals surface area (Å²) in [5.41, 5.74) is 0. The number of nitrogens with zero attached hydrogens (tertiary/aromatic N) is 1. The Morgan fingerprint density at radius 1 is 1.14 bits per heavy atom. The molecule has 0 spiro atoms. The summed E-state index contributed by atoms with van der Waals surface area (Å²) in [5, 5.41) is 2.82. The van der Waals surface area contributed by atoms with Gasteiger partial charge in [-0.3, -0.25) is 9.59 Å². The molecule has 3 fully saturated rings. The van der Waals surface area contributed by atoms with Gasteiger partial charge in [-0.1, -0.05) is 0 Å². The largest absolute Gasteiger partial charge is 0.469 e. The van der Waals surface area contributed by atoms with Crippen LogP contribution in [0.3, 0.4) is 0 Å². The second-order valence-electron chi connectivity index (χ2n) is 6.59. The summed E-state index contributed by atoms with van der Waals surface area (Å²) in [7, 11) is 1.36. The molecule has 0 aromatic carbocycles. The number of rotatable bonds is 2. The van der Waals surface area contributed by atoms with E-state index in [1.165, 1.54) is 12.0 Å². The van der Waals surface area contributed by atoms with Gasteiger partial charge in [0, 0.05) is 18.5 Å². The molecule has 2 atom stereocenters. The number of likely N-dealkylation sites (tertiary alicyclic amines) is 1. The molecular weight excluding hydrogens is 294 g/mol. The van der Waals surface area contributed by atoms with Crippen LogP contribution in [0.1, 0.15) is 32.1 Å². The average molecular weight is 316 g/mol. The minimum absolute atomic E-state index is 0.157. The van der Waals surface area contributed by atoms with Gasteiger partial charge in [-0.2, -0.15) is 0 Å². The quantitative estimate of drug-likeness (QED) is 0.777. The van der Waals surface area contributed by atoms with Crippen molar-refractivity contribution in [1.82, 2.24) is 10.2 Å². The molecule has 0 aromatic heterocycles. The van der Waals surface area contributed by atoms with Crippen molar-refractivity contribution in [3.63, 3.8) is 0 Å². The van der Waals surface area contributed by atoms with E-state index in [2.05, 4.69) is 5.32 Å². The van der Waals surface area contributed by atoms with E-state index in [9.17, 15) is 18.4 Å². The van der Waals surface area contributed by atoms with Crippen molar-refractivity contribution in [1.29, 1.82) is 0 Å². The lowest BCUT2D eigenvalue weighted by Gasteiger charge is -2.33. The molecule has 1 aliphatic carbocycles. The van der Waals surface area contributed by atoms with Gasteiger partial charge in [0.15, 0.2) is 0 Å². The first-order valence-electron chi connectivity index (χ1n) is 7.93. The molecule has 2 heterocycles. The van der Waals surface area contributed by atoms with Crippen molar-refractivity contribution in [3.8, 4) is 0 Å². The molecule has 5 nitrogen and oxygen atoms in total. The van der Waals surface area contributed by atoms with E-state index in [0.717, 1.165) is 0 Å². The van der Waals surface area contributed by atoms with E-state index < -0.39 is 12.0 Å². The lowest BCUT2D eigenvalue weighted by atomic mass is 9.81. The predicted octanol–water partition coefficient (Wildman–Crippen LogP) is 1.17. The van der Waals surface area contributed by atoms with Crippen LogP contribution >= 0.6 is 0 Å². The Balaban J connectivity index is 1.62. The number of methoxy groups -OCH3 is 1. The number of alkyl halides is 2. The summed E-state index contributed by atoms with van der Waals surface area (Å²) in [6.07, 6.45) is 2.93. The van der Waals surface area contributed by atoms with Crippen molar-refractivity contribution >= 4 is 11.9 Å². The topological polar surface area (TPSA) is 58.6 Å². The van der Waals surface area contributed by atoms with Crippen LogP contribution in [-0.4, -0.2) is 55.0 Å². The third kappa shape index (κ3) is 2.59. The molecule has 22 heavy (non-hydrogen) atoms. The Hall–Kier alpha value is -1.24. The lowest BCUT2D eigenvalue weighted by Crippen LogP contribution is -2.50. The average Bonchev–Trinajstić information content (AvgIpc) is 3.08. The zero-order valence-corrected chi connectivity index (χ0v) is 12.7. The van der Waals surface area contributed by atoms with Crippen LogP contribution in [0.4, 0.5) is 8.78 Å². The van der Waals surface area contributed by atoms with Gasteiger partial charge in [0.05, 0.1) is 19.6 Å². The molecule has 1 N–H and O–H groups in total. The SMILES string of the molecule is COC(=O)[C@H]1CC[C@H](C(=O)N2CC[C@@H]3NCC(F)(F)[C@@H]32)CC1. The molecule has 3 rings (SSSR count). The zero-order valence-electron chi connectivity index (χ0n) is 12.7. The summed E-state index contributed by atoms with van der Waals surface area (Å²) in [6.45, 7) is 0.0505. The van der Waals surface area contributed by atoms with Gasteiger partial charge >= 0.3 is 5.97 Å². The van der Waals surface area contributed by atoms with E-state index in [-0.39, 0.29) is 36.3 Å². The van der Waals surface area contributed by atoms with Crippen molar-refractivity contribution < 1.29 is 23.1 Å². The van der Waals surface area contributed by atoms with Crippen LogP contribution in [0, 0.1) is 11.8 Å². The number of fused-ring (bicyclic) bond motifs is 1. The highest BCUT2D eigenvalue weighted by Gasteiger charge is 2.57. The van der Waals surface area contributed by atoms with Gasteiger partial charge in [0.2, 0.25) is 5.91 Å². The van der Waals surface area contributed by atoms with Crippen LogP contribution in [-0.2, 0) is 14.3 Å². The maximum absolute atomic E-state index is 14.0. The Labute approximate surface area is 128 Å². The van der Waals surface area contributed by atoms with Gasteiger partial charge in [-0.05, 0) is 32.1 Å². The van der Waals surface area contributed by atoms with Crippen molar-refractivity contribution in [2.75, 3.05) is 20.2 Å². The monoisotopic (exact) mass is 316 g/mol. The molecule has 0 radical (unpaired) electrons. The van der Waals surface area contributed by atoms with Gasteiger partial charge < -0.3 is 15.0 Å². The molecule has 3 aliphatic rings. The standard InChI is InChI=1S/C15H22F2N2O3/c1-22-14(21)10-4-2-9(3-5-10)13(20)19-7-6-11-12(19)15(16,17)8-18-11/h9-12,18H,2-8H2,1H3/t9-,10-,11-,12+/m0/s1. The van der Waals surface area contributed by atoms with Gasteiger partial charge in [0.25, 0.3) is 5.92 Å². The van der Waals surface area contributed by atoms with Crippen LogP contribution in [0.2, 0.25) is 0 Å². The van der Waals surface area contributed by atoms with E-state index in [4.69, 9.17) is 4.74 Å². The van der Waals surface area contributed by atoms with Crippen LogP contribution in [0.25, 0.3) is 0 Å². The zero-order chi connectivity index (χ0) is 15.9. The Bertz CT molecular complexity index is 464. The number of amides is 1. The summed E-state index contributed by atoms with van der Waals surface area (Å²) >= 11 is 0. The highest BCUT2D eigenvalue weighted by molar-refractivity contribution is 5.80. The van der Waals surface area contributed by atoms with E-state index >= 15 is 0 Å². The first-order valence-corrected chi connectivity index (χ1v) is 7.93. The molecule has 7 heteroatoms. The summed E-state index contributed by atoms with van der Waals surface area (Å²) < 4.78 is 32.7. The molecule has 2 aliphatic heterocycles. The molecule has 1 amide bonds. The third-order valence-electron chi connectivity index (χ3n) is 5.32. The summed E-state index contributed by atoms with van der Waals surface area (Å²) in [4.78, 5) is 25.5. The summed E-state index contributed by atoms with van der Waals surface area (Å²) in [6, 6.07) is -1.29. The van der Waals surface area contributed by atoms with Crippen molar-refractivity contribution in [2.24, 2.45) is 11.8 Å². The van der Waals surface area contributed by atoms with E-state index in [1.807, 2.05) is 0 Å². The number of hydrogen-bond acceptors (Lipinski definition) is 4. The van der Waals surface area contributed by atoms with E-state index in [0.29, 0.717) is 38.6 Å². The Morgan fingerprint density at radius 2 is 1.77 bits per heavy atom. The Kier molecular flexibility index (Phi) is 4.09. The molecule has 1 saturated carbocycles. The number of esters is 1. The maximum atomic E-state index is 14.0. The minimum Gasteiger partial charge on any atom is -0.469 e. The van der Waals surface area contributed by atoms with Crippen LogP contribution < -0.4 is 5.32 Å². The highest BCUT2D eigenvalue weighted by atomic mass is 19.3. The van der Waals surface area contributed by atoms with Crippen molar-refractivity contribution in [2.45, 2.75) is 50.1 Å². The van der Waals surface area contributed by atoms with Crippen LogP contribution in [0.5, 0.6) is 0 Å². The fourth-order valence-electron chi connectivity index (χ4n) is 4.12. The van der Waals surface area contributed by atoms with Crippen LogP contribution in [0.15, 0.2) is 0 Å². The number of halogens is 2. The molecule has 2 saturated heterocycles. The van der Waals surface area contributed by atoms with Gasteiger partial charge in [0.1, 0.15) is 6.04 Å². The second-order valence-corrected chi connectivity index (χ2v) is 6.59. The maximum Gasteiger partial charge on any atom is 0.308 e. The smallest absolute Gasteiger partial charge is 0.308 e. The Morgan fingerprint density at radius 3 is 2.41 bits per heavy atom. The highest BCUT2D eigenvalue weighted by Crippen LogP contribution is 2.39. The fourth-order valence-corrected chi connectivity index (χ4v) is 4.12. The predicted molar refractivity (Wildman–Crippen MR) is 74.3 cm³/mol. The van der Waals surface area contributed by atoms with Crippen molar-refractivity contribution in [3.05, 3.63) is 0 Å². The molecular formula is C15H22F2N2O3. The fraction of sp³-hybridized carbons (Fsp3) is 0.867. The van der Waals surface area contributed by atoms with E-state index in [1.54, 1.807) is 0 Å². The lowest BCUT2D eigenvalue weighted by molar-refractivity contribution is -0.150. The molecule has 0 bridgehead atoms. The first kappa shape index (κ1) is 15.6. The molecule has 0 aromatic rings. The number of ether oxygens (including phenoxy) is 1. The second kappa shape index (κ2) is 5.76. The van der Waals surface area contributed by atoms with Gasteiger partial charge in [-0.25, -0.2) is 8.78 Å². The number of carbonyl (C=O) groups is 2. The molecule has 0 unspecified atom stereocenters.